The summed E-state index contributed by atoms with van der Waals surface area (Å²) < 4.78 is 0. The van der Waals surface area contributed by atoms with E-state index in [0.717, 1.165) is 5.56 Å². The zero-order valence-corrected chi connectivity index (χ0v) is 13.8. The van der Waals surface area contributed by atoms with Crippen molar-refractivity contribution in [2.45, 2.75) is 32.4 Å². The van der Waals surface area contributed by atoms with Crippen LogP contribution in [-0.4, -0.2) is 16.9 Å². The van der Waals surface area contributed by atoms with Gasteiger partial charge in [-0.1, -0.05) is 49.4 Å². The van der Waals surface area contributed by atoms with E-state index in [2.05, 4.69) is 10.6 Å². The maximum absolute atomic E-state index is 12.2. The third-order valence-electron chi connectivity index (χ3n) is 3.74. The Kier molecular flexibility index (Phi) is 6.09. The van der Waals surface area contributed by atoms with E-state index < -0.39 is 12.0 Å². The third-order valence-corrected chi connectivity index (χ3v) is 3.74. The lowest BCUT2D eigenvalue weighted by Gasteiger charge is -2.18. The van der Waals surface area contributed by atoms with Crippen molar-refractivity contribution in [2.24, 2.45) is 0 Å². The molecule has 126 valence electrons. The van der Waals surface area contributed by atoms with Gasteiger partial charge >= 0.3 is 0 Å². The fourth-order valence-corrected chi connectivity index (χ4v) is 2.27. The minimum Gasteiger partial charge on any atom is -0.378 e. The number of nitrogens with one attached hydrogen (secondary N) is 2. The summed E-state index contributed by atoms with van der Waals surface area (Å²) in [5.74, 6) is -0.493. The van der Waals surface area contributed by atoms with Gasteiger partial charge in [0.25, 0.3) is 5.91 Å². The van der Waals surface area contributed by atoms with Crippen molar-refractivity contribution in [2.75, 3.05) is 5.32 Å². The molecule has 3 N–H and O–H groups in total. The quantitative estimate of drug-likeness (QED) is 0.763. The van der Waals surface area contributed by atoms with Crippen LogP contribution in [0.2, 0.25) is 0 Å². The van der Waals surface area contributed by atoms with Gasteiger partial charge in [-0.2, -0.15) is 0 Å². The fourth-order valence-electron chi connectivity index (χ4n) is 2.27. The average Bonchev–Trinajstić information content (AvgIpc) is 2.62. The molecule has 5 nitrogen and oxygen atoms in total. The van der Waals surface area contributed by atoms with Crippen LogP contribution in [0.4, 0.5) is 5.69 Å². The number of benzene rings is 2. The van der Waals surface area contributed by atoms with Gasteiger partial charge in [0.05, 0.1) is 6.04 Å². The summed E-state index contributed by atoms with van der Waals surface area (Å²) in [5, 5.41) is 15.7. The molecule has 5 heteroatoms. The molecule has 0 aliphatic rings. The molecule has 2 aromatic rings. The summed E-state index contributed by atoms with van der Waals surface area (Å²) in [6.45, 7) is 3.63. The molecule has 0 aliphatic heterocycles. The second-order valence-electron chi connectivity index (χ2n) is 5.57. The summed E-state index contributed by atoms with van der Waals surface area (Å²) in [6, 6.07) is 15.8. The maximum atomic E-state index is 12.2. The molecule has 0 bridgehead atoms. The van der Waals surface area contributed by atoms with Gasteiger partial charge in [-0.05, 0) is 30.2 Å². The van der Waals surface area contributed by atoms with Crippen molar-refractivity contribution in [1.29, 1.82) is 0 Å². The Morgan fingerprint density at radius 1 is 1.00 bits per heavy atom. The van der Waals surface area contributed by atoms with Gasteiger partial charge in [0.15, 0.2) is 6.10 Å². The van der Waals surface area contributed by atoms with Crippen LogP contribution in [-0.2, 0) is 9.59 Å². The van der Waals surface area contributed by atoms with Gasteiger partial charge in [0.1, 0.15) is 0 Å². The normalized spacial score (nSPS) is 13.0. The molecule has 24 heavy (non-hydrogen) atoms. The van der Waals surface area contributed by atoms with Crippen LogP contribution in [0.15, 0.2) is 54.6 Å². The van der Waals surface area contributed by atoms with Crippen LogP contribution in [0, 0.1) is 0 Å². The monoisotopic (exact) mass is 326 g/mol. The molecule has 2 rings (SSSR count). The molecular weight excluding hydrogens is 304 g/mol. The first-order valence-electron chi connectivity index (χ1n) is 7.94. The van der Waals surface area contributed by atoms with Gasteiger partial charge in [-0.25, -0.2) is 0 Å². The van der Waals surface area contributed by atoms with Gasteiger partial charge < -0.3 is 15.7 Å². The fraction of sp³-hybridized carbons (Fsp3) is 0.263. The maximum Gasteiger partial charge on any atom is 0.253 e. The Balaban J connectivity index is 1.97. The molecule has 2 amide bonds. The predicted molar refractivity (Wildman–Crippen MR) is 93.3 cm³/mol. The summed E-state index contributed by atoms with van der Waals surface area (Å²) in [5.41, 5.74) is 2.16. The molecule has 0 spiro atoms. The number of anilines is 1. The highest BCUT2D eigenvalue weighted by Gasteiger charge is 2.19. The summed E-state index contributed by atoms with van der Waals surface area (Å²) in [7, 11) is 0. The lowest BCUT2D eigenvalue weighted by molar-refractivity contribution is -0.130. The Morgan fingerprint density at radius 2 is 1.62 bits per heavy atom. The molecule has 0 radical (unpaired) electrons. The second-order valence-corrected chi connectivity index (χ2v) is 5.57. The van der Waals surface area contributed by atoms with E-state index in [1.165, 1.54) is 0 Å². The van der Waals surface area contributed by atoms with E-state index in [1.54, 1.807) is 43.3 Å². The smallest absolute Gasteiger partial charge is 0.253 e. The van der Waals surface area contributed by atoms with E-state index in [1.807, 2.05) is 25.1 Å². The molecule has 0 saturated carbocycles. The molecule has 0 unspecified atom stereocenters. The summed E-state index contributed by atoms with van der Waals surface area (Å²) in [6.07, 6.45) is -0.775. The Hall–Kier alpha value is -2.66. The van der Waals surface area contributed by atoms with Gasteiger partial charge in [-0.15, -0.1) is 0 Å². The molecule has 2 aromatic carbocycles. The number of amides is 2. The van der Waals surface area contributed by atoms with Crippen LogP contribution in [0.1, 0.15) is 43.5 Å². The molecule has 2 atom stereocenters. The SMILES string of the molecule is CCC(=O)Nc1ccc([C@@H](C)NC(=O)[C@H](O)c2ccccc2)cc1. The highest BCUT2D eigenvalue weighted by atomic mass is 16.3. The number of aliphatic hydroxyl groups excluding tert-OH is 1. The first-order valence-corrected chi connectivity index (χ1v) is 7.94. The van der Waals surface area contributed by atoms with E-state index >= 15 is 0 Å². The summed E-state index contributed by atoms with van der Waals surface area (Å²) in [4.78, 5) is 23.5. The first kappa shape index (κ1) is 17.7. The minimum absolute atomic E-state index is 0.0462. The number of carbonyl (C=O) groups is 2. The Morgan fingerprint density at radius 3 is 2.21 bits per heavy atom. The number of rotatable bonds is 6. The standard InChI is InChI=1S/C19H22N2O3/c1-3-17(22)21-16-11-9-14(10-12-16)13(2)20-19(24)18(23)15-7-5-4-6-8-15/h4-13,18,23H,3H2,1-2H3,(H,20,24)(H,21,22)/t13-,18-/m1/s1. The van der Waals surface area contributed by atoms with Crippen LogP contribution in [0.5, 0.6) is 0 Å². The van der Waals surface area contributed by atoms with Crippen LogP contribution in [0.3, 0.4) is 0 Å². The van der Waals surface area contributed by atoms with Crippen LogP contribution < -0.4 is 10.6 Å². The van der Waals surface area contributed by atoms with Crippen molar-refractivity contribution >= 4 is 17.5 Å². The topological polar surface area (TPSA) is 78.4 Å². The van der Waals surface area contributed by atoms with Crippen LogP contribution >= 0.6 is 0 Å². The van der Waals surface area contributed by atoms with Crippen molar-refractivity contribution in [3.05, 3.63) is 65.7 Å². The van der Waals surface area contributed by atoms with Gasteiger partial charge in [-0.3, -0.25) is 9.59 Å². The first-order chi connectivity index (χ1) is 11.5. The predicted octanol–water partition coefficient (Wildman–Crippen LogP) is 2.95. The van der Waals surface area contributed by atoms with E-state index in [-0.39, 0.29) is 11.9 Å². The van der Waals surface area contributed by atoms with Gasteiger partial charge in [0, 0.05) is 12.1 Å². The van der Waals surface area contributed by atoms with Gasteiger partial charge in [0.2, 0.25) is 5.91 Å². The molecule has 0 heterocycles. The van der Waals surface area contributed by atoms with E-state index in [0.29, 0.717) is 17.7 Å². The molecule has 0 fully saturated rings. The van der Waals surface area contributed by atoms with E-state index in [9.17, 15) is 14.7 Å². The van der Waals surface area contributed by atoms with Crippen LogP contribution in [0.25, 0.3) is 0 Å². The molecule has 0 aliphatic carbocycles. The van der Waals surface area contributed by atoms with Crippen molar-refractivity contribution in [3.63, 3.8) is 0 Å². The Bertz CT molecular complexity index is 684. The number of hydrogen-bond acceptors (Lipinski definition) is 3. The molecule has 0 aromatic heterocycles. The zero-order chi connectivity index (χ0) is 17.5. The number of hydrogen-bond donors (Lipinski definition) is 3. The average molecular weight is 326 g/mol. The number of carbonyl (C=O) groups excluding carboxylic acids is 2. The highest BCUT2D eigenvalue weighted by Crippen LogP contribution is 2.18. The zero-order valence-electron chi connectivity index (χ0n) is 13.8. The molecule has 0 saturated heterocycles. The highest BCUT2D eigenvalue weighted by molar-refractivity contribution is 5.90. The molecular formula is C19H22N2O3. The largest absolute Gasteiger partial charge is 0.378 e. The van der Waals surface area contributed by atoms with Crippen molar-refractivity contribution < 1.29 is 14.7 Å². The lowest BCUT2D eigenvalue weighted by Crippen LogP contribution is -2.31. The minimum atomic E-state index is -1.20. The summed E-state index contributed by atoms with van der Waals surface area (Å²) >= 11 is 0. The number of aliphatic hydroxyl groups is 1. The van der Waals surface area contributed by atoms with Crippen molar-refractivity contribution in [3.8, 4) is 0 Å². The third kappa shape index (κ3) is 4.67. The van der Waals surface area contributed by atoms with Crippen molar-refractivity contribution in [1.82, 2.24) is 5.32 Å². The second kappa shape index (κ2) is 8.26. The Labute approximate surface area is 141 Å². The lowest BCUT2D eigenvalue weighted by atomic mass is 10.1. The van der Waals surface area contributed by atoms with E-state index in [4.69, 9.17) is 0 Å².